The molecule has 94 valence electrons. The first-order chi connectivity index (χ1) is 8.31. The van der Waals surface area contributed by atoms with Gasteiger partial charge < -0.3 is 15.2 Å². The Morgan fingerprint density at radius 1 is 1.35 bits per heavy atom. The van der Waals surface area contributed by atoms with E-state index in [-0.39, 0.29) is 12.1 Å². The summed E-state index contributed by atoms with van der Waals surface area (Å²) in [5, 5.41) is 0. The number of hydrogen-bond donors (Lipinski definition) is 1. The Kier molecular flexibility index (Phi) is 4.40. The fraction of sp³-hybridized carbons (Fsp3) is 0.571. The molecule has 1 aromatic rings. The largest absolute Gasteiger partial charge is 0.494 e. The van der Waals surface area contributed by atoms with E-state index in [1.54, 1.807) is 0 Å². The molecule has 0 aliphatic carbocycles. The molecule has 1 saturated heterocycles. The third kappa shape index (κ3) is 3.20. The lowest BCUT2D eigenvalue weighted by atomic mass is 9.97. The van der Waals surface area contributed by atoms with Crippen molar-refractivity contribution in [2.75, 3.05) is 13.2 Å². The van der Waals surface area contributed by atoms with Crippen LogP contribution in [0.3, 0.4) is 0 Å². The SMILES string of the molecule is CCCOc1ccc(C2OCCCC2N)cc1. The standard InChI is InChI=1S/C14H21NO2/c1-2-9-16-12-7-5-11(6-8-12)14-13(15)4-3-10-17-14/h5-8,13-14H,2-4,9-10,15H2,1H3. The Morgan fingerprint density at radius 3 is 2.76 bits per heavy atom. The Balaban J connectivity index is 2.01. The number of nitrogens with two attached hydrogens (primary N) is 1. The first kappa shape index (κ1) is 12.4. The molecule has 1 aliphatic rings. The number of benzene rings is 1. The molecule has 0 spiro atoms. The van der Waals surface area contributed by atoms with Crippen molar-refractivity contribution in [3.63, 3.8) is 0 Å². The van der Waals surface area contributed by atoms with Crippen LogP contribution in [0, 0.1) is 0 Å². The maximum Gasteiger partial charge on any atom is 0.119 e. The van der Waals surface area contributed by atoms with Gasteiger partial charge in [0, 0.05) is 12.6 Å². The quantitative estimate of drug-likeness (QED) is 0.872. The fourth-order valence-electron chi connectivity index (χ4n) is 2.12. The molecule has 0 aromatic heterocycles. The minimum Gasteiger partial charge on any atom is -0.494 e. The first-order valence-corrected chi connectivity index (χ1v) is 6.41. The average molecular weight is 235 g/mol. The van der Waals surface area contributed by atoms with Crippen LogP contribution in [0.15, 0.2) is 24.3 Å². The van der Waals surface area contributed by atoms with Gasteiger partial charge in [-0.15, -0.1) is 0 Å². The molecule has 3 heteroatoms. The van der Waals surface area contributed by atoms with Gasteiger partial charge in [-0.05, 0) is 37.0 Å². The van der Waals surface area contributed by atoms with Gasteiger partial charge in [-0.25, -0.2) is 0 Å². The highest BCUT2D eigenvalue weighted by atomic mass is 16.5. The van der Waals surface area contributed by atoms with Gasteiger partial charge in [0.05, 0.1) is 12.7 Å². The predicted octanol–water partition coefficient (Wildman–Crippen LogP) is 2.65. The van der Waals surface area contributed by atoms with Crippen molar-refractivity contribution >= 4 is 0 Å². The highest BCUT2D eigenvalue weighted by Gasteiger charge is 2.23. The van der Waals surface area contributed by atoms with Crippen molar-refractivity contribution in [2.45, 2.75) is 38.3 Å². The topological polar surface area (TPSA) is 44.5 Å². The van der Waals surface area contributed by atoms with Crippen molar-refractivity contribution in [2.24, 2.45) is 5.73 Å². The third-order valence-corrected chi connectivity index (χ3v) is 3.05. The van der Waals surface area contributed by atoms with E-state index in [4.69, 9.17) is 15.2 Å². The molecule has 1 heterocycles. The molecular formula is C14H21NO2. The molecular weight excluding hydrogens is 214 g/mol. The van der Waals surface area contributed by atoms with Crippen LogP contribution in [0.5, 0.6) is 5.75 Å². The summed E-state index contributed by atoms with van der Waals surface area (Å²) in [4.78, 5) is 0. The van der Waals surface area contributed by atoms with E-state index in [9.17, 15) is 0 Å². The van der Waals surface area contributed by atoms with Gasteiger partial charge in [-0.1, -0.05) is 19.1 Å². The van der Waals surface area contributed by atoms with Crippen LogP contribution < -0.4 is 10.5 Å². The fourth-order valence-corrected chi connectivity index (χ4v) is 2.12. The van der Waals surface area contributed by atoms with Gasteiger partial charge in [0.25, 0.3) is 0 Å². The van der Waals surface area contributed by atoms with Crippen LogP contribution in [-0.4, -0.2) is 19.3 Å². The van der Waals surface area contributed by atoms with Gasteiger partial charge in [-0.2, -0.15) is 0 Å². The van der Waals surface area contributed by atoms with Crippen LogP contribution in [0.1, 0.15) is 37.9 Å². The molecule has 3 nitrogen and oxygen atoms in total. The normalized spacial score (nSPS) is 24.6. The zero-order valence-corrected chi connectivity index (χ0v) is 10.4. The van der Waals surface area contributed by atoms with E-state index in [0.717, 1.165) is 43.8 Å². The van der Waals surface area contributed by atoms with E-state index >= 15 is 0 Å². The number of ether oxygens (including phenoxy) is 2. The zero-order chi connectivity index (χ0) is 12.1. The monoisotopic (exact) mass is 235 g/mol. The van der Waals surface area contributed by atoms with Crippen LogP contribution in [0.25, 0.3) is 0 Å². The summed E-state index contributed by atoms with van der Waals surface area (Å²) in [6.07, 6.45) is 3.18. The molecule has 0 amide bonds. The third-order valence-electron chi connectivity index (χ3n) is 3.05. The average Bonchev–Trinajstić information content (AvgIpc) is 2.38. The lowest BCUT2D eigenvalue weighted by molar-refractivity contribution is 0.000121. The molecule has 1 aromatic carbocycles. The van der Waals surface area contributed by atoms with Gasteiger partial charge >= 0.3 is 0 Å². The van der Waals surface area contributed by atoms with Gasteiger partial charge in [0.1, 0.15) is 5.75 Å². The van der Waals surface area contributed by atoms with Gasteiger partial charge in [-0.3, -0.25) is 0 Å². The minimum atomic E-state index is 0.0453. The maximum absolute atomic E-state index is 6.07. The lowest BCUT2D eigenvalue weighted by Gasteiger charge is -2.29. The molecule has 0 bridgehead atoms. The maximum atomic E-state index is 6.07. The van der Waals surface area contributed by atoms with E-state index in [1.807, 2.05) is 12.1 Å². The molecule has 0 saturated carbocycles. The van der Waals surface area contributed by atoms with Crippen molar-refractivity contribution in [3.05, 3.63) is 29.8 Å². The number of hydrogen-bond acceptors (Lipinski definition) is 3. The summed E-state index contributed by atoms with van der Waals surface area (Å²) in [5.41, 5.74) is 7.23. The highest BCUT2D eigenvalue weighted by molar-refractivity contribution is 5.29. The van der Waals surface area contributed by atoms with Crippen molar-refractivity contribution in [3.8, 4) is 5.75 Å². The summed E-state index contributed by atoms with van der Waals surface area (Å²) in [7, 11) is 0. The Hall–Kier alpha value is -1.06. The van der Waals surface area contributed by atoms with Crippen molar-refractivity contribution in [1.29, 1.82) is 0 Å². The van der Waals surface area contributed by atoms with Crippen molar-refractivity contribution < 1.29 is 9.47 Å². The van der Waals surface area contributed by atoms with E-state index in [1.165, 1.54) is 0 Å². The highest BCUT2D eigenvalue weighted by Crippen LogP contribution is 2.28. The molecule has 0 radical (unpaired) electrons. The van der Waals surface area contributed by atoms with Crippen LogP contribution in [-0.2, 0) is 4.74 Å². The summed E-state index contributed by atoms with van der Waals surface area (Å²) in [6, 6.07) is 8.22. The molecule has 1 fully saturated rings. The second-order valence-corrected chi connectivity index (χ2v) is 4.51. The molecule has 2 N–H and O–H groups in total. The van der Waals surface area contributed by atoms with Crippen molar-refractivity contribution in [1.82, 2.24) is 0 Å². The molecule has 17 heavy (non-hydrogen) atoms. The summed E-state index contributed by atoms with van der Waals surface area (Å²) < 4.78 is 11.3. The zero-order valence-electron chi connectivity index (χ0n) is 10.4. The first-order valence-electron chi connectivity index (χ1n) is 6.41. The van der Waals surface area contributed by atoms with E-state index in [2.05, 4.69) is 19.1 Å². The molecule has 2 rings (SSSR count). The molecule has 1 aliphatic heterocycles. The predicted molar refractivity (Wildman–Crippen MR) is 68.1 cm³/mol. The van der Waals surface area contributed by atoms with E-state index in [0.29, 0.717) is 0 Å². The molecule has 2 unspecified atom stereocenters. The Morgan fingerprint density at radius 2 is 2.12 bits per heavy atom. The lowest BCUT2D eigenvalue weighted by Crippen LogP contribution is -2.34. The second kappa shape index (κ2) is 6.03. The summed E-state index contributed by atoms with van der Waals surface area (Å²) in [6.45, 7) is 3.68. The van der Waals surface area contributed by atoms with Gasteiger partial charge in [0.15, 0.2) is 0 Å². The smallest absolute Gasteiger partial charge is 0.119 e. The van der Waals surface area contributed by atoms with Crippen LogP contribution >= 0.6 is 0 Å². The Labute approximate surface area is 103 Å². The van der Waals surface area contributed by atoms with Gasteiger partial charge in [0.2, 0.25) is 0 Å². The molecule has 2 atom stereocenters. The van der Waals surface area contributed by atoms with E-state index < -0.39 is 0 Å². The minimum absolute atomic E-state index is 0.0453. The van der Waals surface area contributed by atoms with Crippen LogP contribution in [0.2, 0.25) is 0 Å². The van der Waals surface area contributed by atoms with Crippen LogP contribution in [0.4, 0.5) is 0 Å². The number of rotatable bonds is 4. The Bertz CT molecular complexity index is 337. The second-order valence-electron chi connectivity index (χ2n) is 4.51. The summed E-state index contributed by atoms with van der Waals surface area (Å²) >= 11 is 0. The summed E-state index contributed by atoms with van der Waals surface area (Å²) in [5.74, 6) is 0.917.